The molecule has 1 aromatic rings. The zero-order valence-electron chi connectivity index (χ0n) is 10.7. The number of aliphatic hydroxyl groups excluding tert-OH is 1. The first-order valence-corrected chi connectivity index (χ1v) is 6.59. The van der Waals surface area contributed by atoms with E-state index in [2.05, 4.69) is 16.4 Å². The standard InChI is InChI=1S/C14H19N3O/c1-2-12(18)6-7-16-14-11(9-15)8-10-4-3-5-13(10)17-14/h8,12,18H,2-7H2,1H3,(H,16,17). The summed E-state index contributed by atoms with van der Waals surface area (Å²) in [7, 11) is 0. The zero-order valence-corrected chi connectivity index (χ0v) is 10.7. The Morgan fingerprint density at radius 1 is 1.56 bits per heavy atom. The van der Waals surface area contributed by atoms with E-state index in [9.17, 15) is 5.11 Å². The van der Waals surface area contributed by atoms with E-state index >= 15 is 0 Å². The van der Waals surface area contributed by atoms with Crippen LogP contribution < -0.4 is 5.32 Å². The van der Waals surface area contributed by atoms with E-state index in [-0.39, 0.29) is 6.10 Å². The lowest BCUT2D eigenvalue weighted by molar-refractivity contribution is 0.164. The molecule has 0 bridgehead atoms. The smallest absolute Gasteiger partial charge is 0.144 e. The van der Waals surface area contributed by atoms with E-state index in [1.165, 1.54) is 5.56 Å². The number of aromatic nitrogens is 1. The average molecular weight is 245 g/mol. The molecule has 0 radical (unpaired) electrons. The fraction of sp³-hybridized carbons (Fsp3) is 0.571. The Bertz CT molecular complexity index is 465. The Labute approximate surface area is 108 Å². The third-order valence-electron chi connectivity index (χ3n) is 3.41. The number of rotatable bonds is 5. The van der Waals surface area contributed by atoms with Gasteiger partial charge in [-0.05, 0) is 43.7 Å². The van der Waals surface area contributed by atoms with Crippen LogP contribution in [0.25, 0.3) is 0 Å². The maximum absolute atomic E-state index is 9.49. The second-order valence-electron chi connectivity index (χ2n) is 4.73. The molecule has 1 unspecified atom stereocenters. The fourth-order valence-corrected chi connectivity index (χ4v) is 2.25. The van der Waals surface area contributed by atoms with E-state index in [4.69, 9.17) is 5.26 Å². The molecule has 1 aliphatic rings. The summed E-state index contributed by atoms with van der Waals surface area (Å²) in [6.45, 7) is 2.61. The Morgan fingerprint density at radius 2 is 2.39 bits per heavy atom. The normalized spacial score (nSPS) is 14.9. The molecule has 1 heterocycles. The number of hydrogen-bond donors (Lipinski definition) is 2. The number of pyridine rings is 1. The zero-order chi connectivity index (χ0) is 13.0. The highest BCUT2D eigenvalue weighted by Gasteiger charge is 2.16. The highest BCUT2D eigenvalue weighted by Crippen LogP contribution is 2.24. The fourth-order valence-electron chi connectivity index (χ4n) is 2.25. The van der Waals surface area contributed by atoms with Crippen molar-refractivity contribution in [2.45, 2.75) is 45.1 Å². The maximum atomic E-state index is 9.49. The van der Waals surface area contributed by atoms with Crippen molar-refractivity contribution in [1.29, 1.82) is 5.26 Å². The topological polar surface area (TPSA) is 68.9 Å². The summed E-state index contributed by atoms with van der Waals surface area (Å²) in [5.74, 6) is 0.668. The van der Waals surface area contributed by atoms with Crippen molar-refractivity contribution >= 4 is 5.82 Å². The van der Waals surface area contributed by atoms with Crippen LogP contribution in [-0.4, -0.2) is 22.7 Å². The molecule has 2 N–H and O–H groups in total. The number of aliphatic hydroxyl groups is 1. The molecule has 1 aliphatic carbocycles. The van der Waals surface area contributed by atoms with Gasteiger partial charge < -0.3 is 10.4 Å². The number of nitrogens with zero attached hydrogens (tertiary/aromatic N) is 2. The second-order valence-corrected chi connectivity index (χ2v) is 4.73. The number of hydrogen-bond acceptors (Lipinski definition) is 4. The molecule has 0 aliphatic heterocycles. The third kappa shape index (κ3) is 2.80. The second kappa shape index (κ2) is 5.83. The summed E-state index contributed by atoms with van der Waals surface area (Å²) >= 11 is 0. The Balaban J connectivity index is 2.06. The van der Waals surface area contributed by atoms with Gasteiger partial charge in [-0.25, -0.2) is 4.98 Å². The minimum Gasteiger partial charge on any atom is -0.393 e. The van der Waals surface area contributed by atoms with Crippen molar-refractivity contribution < 1.29 is 5.11 Å². The summed E-state index contributed by atoms with van der Waals surface area (Å²) < 4.78 is 0. The SMILES string of the molecule is CCC(O)CCNc1nc2c(cc1C#N)CCC2. The number of nitriles is 1. The van der Waals surface area contributed by atoms with Crippen LogP contribution in [0.2, 0.25) is 0 Å². The van der Waals surface area contributed by atoms with Crippen LogP contribution in [0, 0.1) is 11.3 Å². The molecule has 4 nitrogen and oxygen atoms in total. The molecule has 1 atom stereocenters. The van der Waals surface area contributed by atoms with Gasteiger partial charge in [0.2, 0.25) is 0 Å². The number of fused-ring (bicyclic) bond motifs is 1. The van der Waals surface area contributed by atoms with Crippen molar-refractivity contribution in [2.75, 3.05) is 11.9 Å². The van der Waals surface area contributed by atoms with E-state index in [0.29, 0.717) is 24.3 Å². The lowest BCUT2D eigenvalue weighted by Gasteiger charge is -2.11. The molecular weight excluding hydrogens is 226 g/mol. The minimum atomic E-state index is -0.280. The van der Waals surface area contributed by atoms with Crippen LogP contribution in [0.15, 0.2) is 6.07 Å². The van der Waals surface area contributed by atoms with Crippen molar-refractivity contribution in [1.82, 2.24) is 4.98 Å². The quantitative estimate of drug-likeness (QED) is 0.832. The summed E-state index contributed by atoms with van der Waals surface area (Å²) in [6, 6.07) is 4.14. The monoisotopic (exact) mass is 245 g/mol. The molecule has 0 amide bonds. The van der Waals surface area contributed by atoms with Crippen molar-refractivity contribution in [3.05, 3.63) is 22.9 Å². The average Bonchev–Trinajstić information content (AvgIpc) is 2.84. The van der Waals surface area contributed by atoms with Gasteiger partial charge >= 0.3 is 0 Å². The largest absolute Gasteiger partial charge is 0.393 e. The van der Waals surface area contributed by atoms with E-state index in [1.807, 2.05) is 13.0 Å². The Kier molecular flexibility index (Phi) is 4.16. The molecule has 0 fully saturated rings. The van der Waals surface area contributed by atoms with Crippen molar-refractivity contribution in [2.24, 2.45) is 0 Å². The van der Waals surface area contributed by atoms with Crippen LogP contribution in [0.3, 0.4) is 0 Å². The maximum Gasteiger partial charge on any atom is 0.144 e. The van der Waals surface area contributed by atoms with Gasteiger partial charge in [0.25, 0.3) is 0 Å². The molecule has 2 rings (SSSR count). The predicted octanol–water partition coefficient (Wildman–Crippen LogP) is 2.01. The molecule has 0 saturated carbocycles. The summed E-state index contributed by atoms with van der Waals surface area (Å²) in [4.78, 5) is 4.53. The number of nitrogens with one attached hydrogen (secondary N) is 1. The summed E-state index contributed by atoms with van der Waals surface area (Å²) in [6.07, 6.45) is 4.33. The molecule has 4 heteroatoms. The number of aryl methyl sites for hydroxylation is 2. The van der Waals surface area contributed by atoms with Gasteiger partial charge in [-0.1, -0.05) is 6.92 Å². The highest BCUT2D eigenvalue weighted by atomic mass is 16.3. The first kappa shape index (κ1) is 12.8. The van der Waals surface area contributed by atoms with Gasteiger partial charge in [0, 0.05) is 12.2 Å². The van der Waals surface area contributed by atoms with Crippen molar-refractivity contribution in [3.63, 3.8) is 0 Å². The lowest BCUT2D eigenvalue weighted by Crippen LogP contribution is -2.14. The van der Waals surface area contributed by atoms with E-state index in [0.717, 1.165) is 31.4 Å². The molecule has 0 spiro atoms. The lowest BCUT2D eigenvalue weighted by atomic mass is 10.1. The summed E-state index contributed by atoms with van der Waals surface area (Å²) in [5.41, 5.74) is 2.94. The molecular formula is C14H19N3O. The summed E-state index contributed by atoms with van der Waals surface area (Å²) in [5, 5.41) is 21.8. The minimum absolute atomic E-state index is 0.280. The Morgan fingerprint density at radius 3 is 3.11 bits per heavy atom. The van der Waals surface area contributed by atoms with Crippen molar-refractivity contribution in [3.8, 4) is 6.07 Å². The van der Waals surface area contributed by atoms with E-state index < -0.39 is 0 Å². The van der Waals surface area contributed by atoms with Crippen LogP contribution >= 0.6 is 0 Å². The molecule has 0 saturated heterocycles. The predicted molar refractivity (Wildman–Crippen MR) is 70.4 cm³/mol. The molecule has 96 valence electrons. The highest BCUT2D eigenvalue weighted by molar-refractivity contribution is 5.55. The van der Waals surface area contributed by atoms with Crippen LogP contribution in [0.1, 0.15) is 43.0 Å². The van der Waals surface area contributed by atoms with Gasteiger partial charge in [-0.15, -0.1) is 0 Å². The number of anilines is 1. The molecule has 0 aromatic carbocycles. The van der Waals surface area contributed by atoms with E-state index in [1.54, 1.807) is 0 Å². The molecule has 1 aromatic heterocycles. The van der Waals surface area contributed by atoms with Gasteiger partial charge in [0.15, 0.2) is 0 Å². The molecule has 18 heavy (non-hydrogen) atoms. The van der Waals surface area contributed by atoms with Crippen LogP contribution in [0.5, 0.6) is 0 Å². The first-order chi connectivity index (χ1) is 8.74. The first-order valence-electron chi connectivity index (χ1n) is 6.59. The Hall–Kier alpha value is -1.60. The van der Waals surface area contributed by atoms with Crippen LogP contribution in [0.4, 0.5) is 5.82 Å². The van der Waals surface area contributed by atoms with Gasteiger partial charge in [0.05, 0.1) is 11.7 Å². The van der Waals surface area contributed by atoms with Crippen LogP contribution in [-0.2, 0) is 12.8 Å². The third-order valence-corrected chi connectivity index (χ3v) is 3.41. The van der Waals surface area contributed by atoms with Gasteiger partial charge in [0.1, 0.15) is 11.9 Å². The van der Waals surface area contributed by atoms with Gasteiger partial charge in [-0.3, -0.25) is 0 Å². The van der Waals surface area contributed by atoms with Gasteiger partial charge in [-0.2, -0.15) is 5.26 Å².